The molecule has 0 saturated carbocycles. The van der Waals surface area contributed by atoms with Crippen LogP contribution in [0.1, 0.15) is 10.4 Å². The molecule has 0 N–H and O–H groups in total. The fraction of sp³-hybridized carbons (Fsp3) is 0.333. The molecule has 3 rings (SSSR count). The minimum Gasteiger partial charge on any atom is -0.378 e. The van der Waals surface area contributed by atoms with Crippen molar-refractivity contribution < 1.29 is 14.3 Å². The highest BCUT2D eigenvalue weighted by molar-refractivity contribution is 5.88. The second-order valence-corrected chi connectivity index (χ2v) is 4.87. The van der Waals surface area contributed by atoms with E-state index in [0.29, 0.717) is 38.4 Å². The number of nitrogens with zero attached hydrogens (tertiary/aromatic N) is 2. The molecule has 0 aliphatic carbocycles. The Bertz CT molecular complexity index is 642. The van der Waals surface area contributed by atoms with Gasteiger partial charge in [0.05, 0.1) is 13.2 Å². The number of hydrogen-bond acceptors (Lipinski definition) is 3. The maximum atomic E-state index is 12.2. The molecule has 0 bridgehead atoms. The van der Waals surface area contributed by atoms with Crippen molar-refractivity contribution in [3.05, 3.63) is 36.0 Å². The Hall–Kier alpha value is -2.14. The molecule has 1 aliphatic heterocycles. The summed E-state index contributed by atoms with van der Waals surface area (Å²) >= 11 is 0. The van der Waals surface area contributed by atoms with Gasteiger partial charge in [0, 0.05) is 35.8 Å². The number of ether oxygens (including phenoxy) is 1. The first-order valence-electron chi connectivity index (χ1n) is 6.67. The van der Waals surface area contributed by atoms with Gasteiger partial charge in [0.25, 0.3) is 0 Å². The second kappa shape index (κ2) is 5.46. The van der Waals surface area contributed by atoms with Gasteiger partial charge in [0.1, 0.15) is 12.8 Å². The van der Waals surface area contributed by atoms with Gasteiger partial charge in [0.2, 0.25) is 5.91 Å². The normalized spacial score (nSPS) is 15.5. The number of aromatic nitrogens is 1. The molecule has 104 valence electrons. The zero-order valence-corrected chi connectivity index (χ0v) is 11.1. The van der Waals surface area contributed by atoms with Crippen molar-refractivity contribution >= 4 is 23.1 Å². The number of morpholine rings is 1. The number of aldehydes is 1. The summed E-state index contributed by atoms with van der Waals surface area (Å²) in [6, 6.07) is 7.41. The first-order chi connectivity index (χ1) is 9.78. The van der Waals surface area contributed by atoms with Crippen LogP contribution in [0.5, 0.6) is 0 Å². The van der Waals surface area contributed by atoms with E-state index in [4.69, 9.17) is 4.74 Å². The number of carbonyl (C=O) groups is 2. The fourth-order valence-corrected chi connectivity index (χ4v) is 2.49. The van der Waals surface area contributed by atoms with E-state index < -0.39 is 0 Å². The third-order valence-electron chi connectivity index (χ3n) is 3.60. The van der Waals surface area contributed by atoms with E-state index in [-0.39, 0.29) is 5.91 Å². The zero-order chi connectivity index (χ0) is 13.9. The van der Waals surface area contributed by atoms with Gasteiger partial charge in [-0.1, -0.05) is 0 Å². The minimum absolute atomic E-state index is 0.102. The summed E-state index contributed by atoms with van der Waals surface area (Å²) in [5.41, 5.74) is 1.62. The molecule has 0 unspecified atom stereocenters. The third kappa shape index (κ3) is 2.44. The van der Waals surface area contributed by atoms with Gasteiger partial charge >= 0.3 is 0 Å². The minimum atomic E-state index is 0.102. The lowest BCUT2D eigenvalue weighted by atomic mass is 10.2. The van der Waals surface area contributed by atoms with E-state index in [0.717, 1.165) is 17.2 Å². The van der Waals surface area contributed by atoms with Crippen molar-refractivity contribution in [2.45, 2.75) is 6.54 Å². The van der Waals surface area contributed by atoms with Crippen LogP contribution >= 0.6 is 0 Å². The monoisotopic (exact) mass is 272 g/mol. The van der Waals surface area contributed by atoms with Crippen molar-refractivity contribution in [3.8, 4) is 0 Å². The Morgan fingerprint density at radius 3 is 2.80 bits per heavy atom. The Labute approximate surface area is 116 Å². The number of fused-ring (bicyclic) bond motifs is 1. The molecule has 1 aromatic heterocycles. The smallest absolute Gasteiger partial charge is 0.242 e. The van der Waals surface area contributed by atoms with Crippen LogP contribution in [-0.2, 0) is 16.1 Å². The van der Waals surface area contributed by atoms with Crippen LogP contribution in [0, 0.1) is 0 Å². The number of benzene rings is 1. The van der Waals surface area contributed by atoms with Gasteiger partial charge in [-0.15, -0.1) is 0 Å². The van der Waals surface area contributed by atoms with Crippen LogP contribution in [0.25, 0.3) is 10.9 Å². The average Bonchev–Trinajstić information content (AvgIpc) is 2.90. The predicted molar refractivity (Wildman–Crippen MR) is 74.7 cm³/mol. The zero-order valence-electron chi connectivity index (χ0n) is 11.1. The lowest BCUT2D eigenvalue weighted by Crippen LogP contribution is -2.42. The van der Waals surface area contributed by atoms with Crippen LogP contribution in [-0.4, -0.2) is 48.0 Å². The van der Waals surface area contributed by atoms with E-state index in [1.165, 1.54) is 0 Å². The molecule has 1 fully saturated rings. The summed E-state index contributed by atoms with van der Waals surface area (Å²) in [5.74, 6) is 0.102. The molecule has 0 spiro atoms. The molecule has 0 atom stereocenters. The van der Waals surface area contributed by atoms with E-state index in [9.17, 15) is 9.59 Å². The number of hydrogen-bond donors (Lipinski definition) is 0. The lowest BCUT2D eigenvalue weighted by molar-refractivity contribution is -0.135. The van der Waals surface area contributed by atoms with Crippen LogP contribution < -0.4 is 0 Å². The summed E-state index contributed by atoms with van der Waals surface area (Å²) in [4.78, 5) is 24.8. The second-order valence-electron chi connectivity index (χ2n) is 4.87. The topological polar surface area (TPSA) is 51.5 Å². The number of amides is 1. The third-order valence-corrected chi connectivity index (χ3v) is 3.60. The van der Waals surface area contributed by atoms with Crippen molar-refractivity contribution in [1.82, 2.24) is 9.47 Å². The van der Waals surface area contributed by atoms with Crippen molar-refractivity contribution in [3.63, 3.8) is 0 Å². The highest BCUT2D eigenvalue weighted by Crippen LogP contribution is 2.17. The van der Waals surface area contributed by atoms with Gasteiger partial charge in [-0.05, 0) is 24.3 Å². The Morgan fingerprint density at radius 2 is 2.05 bits per heavy atom. The molecule has 1 amide bonds. The van der Waals surface area contributed by atoms with Crippen LogP contribution in [0.15, 0.2) is 30.5 Å². The molecule has 1 aromatic carbocycles. The molecule has 1 saturated heterocycles. The highest BCUT2D eigenvalue weighted by Gasteiger charge is 2.17. The molecule has 5 heteroatoms. The van der Waals surface area contributed by atoms with E-state index in [2.05, 4.69) is 0 Å². The van der Waals surface area contributed by atoms with E-state index in [1.807, 2.05) is 33.9 Å². The first kappa shape index (κ1) is 12.9. The van der Waals surface area contributed by atoms with Crippen molar-refractivity contribution in [1.29, 1.82) is 0 Å². The summed E-state index contributed by atoms with van der Waals surface area (Å²) in [6.45, 7) is 2.87. The maximum absolute atomic E-state index is 12.2. The van der Waals surface area contributed by atoms with Gasteiger partial charge in [-0.25, -0.2) is 0 Å². The average molecular weight is 272 g/mol. The Kier molecular flexibility index (Phi) is 3.52. The summed E-state index contributed by atoms with van der Waals surface area (Å²) in [6.07, 6.45) is 2.72. The number of rotatable bonds is 3. The SMILES string of the molecule is O=Cc1ccc2c(ccn2CC(=O)N2CCOCC2)c1. The molecule has 20 heavy (non-hydrogen) atoms. The largest absolute Gasteiger partial charge is 0.378 e. The Morgan fingerprint density at radius 1 is 1.25 bits per heavy atom. The Balaban J connectivity index is 1.80. The molecule has 2 heterocycles. The van der Waals surface area contributed by atoms with Gasteiger partial charge in [-0.3, -0.25) is 9.59 Å². The molecular weight excluding hydrogens is 256 g/mol. The van der Waals surface area contributed by atoms with Crippen LogP contribution in [0.4, 0.5) is 0 Å². The quantitative estimate of drug-likeness (QED) is 0.792. The molecule has 2 aromatic rings. The summed E-state index contributed by atoms with van der Waals surface area (Å²) < 4.78 is 7.17. The molecular formula is C15H16N2O3. The first-order valence-corrected chi connectivity index (χ1v) is 6.67. The van der Waals surface area contributed by atoms with Crippen LogP contribution in [0.2, 0.25) is 0 Å². The summed E-state index contributed by atoms with van der Waals surface area (Å²) in [5, 5.41) is 0.976. The van der Waals surface area contributed by atoms with E-state index >= 15 is 0 Å². The van der Waals surface area contributed by atoms with Crippen molar-refractivity contribution in [2.24, 2.45) is 0 Å². The highest BCUT2D eigenvalue weighted by atomic mass is 16.5. The maximum Gasteiger partial charge on any atom is 0.242 e. The van der Waals surface area contributed by atoms with Gasteiger partial charge in [0.15, 0.2) is 0 Å². The number of carbonyl (C=O) groups excluding carboxylic acids is 2. The van der Waals surface area contributed by atoms with Crippen LogP contribution in [0.3, 0.4) is 0 Å². The molecule has 1 aliphatic rings. The molecule has 5 nitrogen and oxygen atoms in total. The summed E-state index contributed by atoms with van der Waals surface area (Å²) in [7, 11) is 0. The van der Waals surface area contributed by atoms with Gasteiger partial charge < -0.3 is 14.2 Å². The lowest BCUT2D eigenvalue weighted by Gasteiger charge is -2.27. The molecule has 0 radical (unpaired) electrons. The van der Waals surface area contributed by atoms with E-state index in [1.54, 1.807) is 6.07 Å². The van der Waals surface area contributed by atoms with Crippen molar-refractivity contribution in [2.75, 3.05) is 26.3 Å². The predicted octanol–water partition coefficient (Wildman–Crippen LogP) is 1.31. The fourth-order valence-electron chi connectivity index (χ4n) is 2.49. The van der Waals surface area contributed by atoms with Gasteiger partial charge in [-0.2, -0.15) is 0 Å². The standard InChI is InChI=1S/C15H16N2O3/c18-11-12-1-2-14-13(9-12)3-4-17(14)10-15(19)16-5-7-20-8-6-16/h1-4,9,11H,5-8,10H2.